The molecule has 0 saturated heterocycles. The summed E-state index contributed by atoms with van der Waals surface area (Å²) in [6.07, 6.45) is 10.5. The Hall–Kier alpha value is -2.40. The van der Waals surface area contributed by atoms with Gasteiger partial charge in [-0.15, -0.1) is 0 Å². The van der Waals surface area contributed by atoms with Gasteiger partial charge in [-0.1, -0.05) is 137 Å². The lowest BCUT2D eigenvalue weighted by Crippen LogP contribution is -2.42. The molecular weight excluding hydrogens is 545 g/mol. The molecule has 2 atom stereocenters. The normalized spacial score (nSPS) is 19.1. The molecule has 0 aliphatic heterocycles. The number of rotatable bonds is 8. The zero-order valence-corrected chi connectivity index (χ0v) is 30.4. The molecule has 3 rings (SSSR count). The number of phenolic OH excluding ortho intramolecular Hbond substituents is 2. The maximum absolute atomic E-state index is 11.4. The number of aliphatic imine (C=N–C) groups is 2. The van der Waals surface area contributed by atoms with Crippen molar-refractivity contribution in [3.63, 3.8) is 0 Å². The molecule has 5 heteroatoms. The molecule has 43 heavy (non-hydrogen) atoms. The molecule has 238 valence electrons. The van der Waals surface area contributed by atoms with Gasteiger partial charge in [0.1, 0.15) is 11.5 Å². The summed E-state index contributed by atoms with van der Waals surface area (Å²) in [5, 5.41) is 24.1. The highest BCUT2D eigenvalue weighted by molar-refractivity contribution is 6.89. The maximum atomic E-state index is 11.4. The van der Waals surface area contributed by atoms with Crippen molar-refractivity contribution in [1.29, 1.82) is 0 Å². The van der Waals surface area contributed by atoms with Crippen molar-refractivity contribution in [2.75, 3.05) is 0 Å². The van der Waals surface area contributed by atoms with Crippen LogP contribution in [0, 0.1) is 0 Å². The third-order valence-electron chi connectivity index (χ3n) is 9.20. The van der Waals surface area contributed by atoms with Crippen LogP contribution in [0.5, 0.6) is 11.5 Å². The van der Waals surface area contributed by atoms with Crippen molar-refractivity contribution in [2.45, 2.75) is 155 Å². The molecule has 0 amide bonds. The average Bonchev–Trinajstić information content (AvgIpc) is 2.89. The van der Waals surface area contributed by atoms with Gasteiger partial charge in [-0.3, -0.25) is 9.98 Å². The van der Waals surface area contributed by atoms with Crippen LogP contribution in [-0.2, 0) is 16.2 Å². The second-order valence-corrected chi connectivity index (χ2v) is 21.5. The number of unbranched alkanes of at least 4 members (excludes halogenated alkanes) is 1. The SMILES string of the molecule is CCCC[Si](C)(C)c1cc(C=N[C@H]2CCCC[C@@H]2N=Cc2cc(C(C)(C)C)cc(C(C)(C)C)c2O)c(O)c(C(C)(C)C)c1. The van der Waals surface area contributed by atoms with E-state index in [9.17, 15) is 10.2 Å². The lowest BCUT2D eigenvalue weighted by Gasteiger charge is -2.29. The Labute approximate surface area is 264 Å². The Morgan fingerprint density at radius 2 is 1.19 bits per heavy atom. The predicted octanol–water partition coefficient (Wildman–Crippen LogP) is 9.55. The zero-order chi connectivity index (χ0) is 32.4. The summed E-state index contributed by atoms with van der Waals surface area (Å²) in [6.45, 7) is 26.7. The van der Waals surface area contributed by atoms with Gasteiger partial charge in [-0.2, -0.15) is 0 Å². The fourth-order valence-electron chi connectivity index (χ4n) is 6.03. The number of phenols is 2. The Bertz CT molecular complexity index is 1320. The fourth-order valence-corrected chi connectivity index (χ4v) is 8.64. The monoisotopic (exact) mass is 604 g/mol. The van der Waals surface area contributed by atoms with Crippen molar-refractivity contribution in [2.24, 2.45) is 9.98 Å². The number of hydrogen-bond donors (Lipinski definition) is 2. The Kier molecular flexibility index (Phi) is 10.9. The van der Waals surface area contributed by atoms with Crippen molar-refractivity contribution < 1.29 is 10.2 Å². The van der Waals surface area contributed by atoms with Gasteiger partial charge < -0.3 is 10.2 Å². The van der Waals surface area contributed by atoms with E-state index in [0.29, 0.717) is 11.5 Å². The third kappa shape index (κ3) is 8.83. The van der Waals surface area contributed by atoms with Gasteiger partial charge in [0.15, 0.2) is 0 Å². The highest BCUT2D eigenvalue weighted by atomic mass is 28.3. The minimum Gasteiger partial charge on any atom is -0.507 e. The largest absolute Gasteiger partial charge is 0.507 e. The van der Waals surface area contributed by atoms with Crippen LogP contribution in [0.25, 0.3) is 0 Å². The van der Waals surface area contributed by atoms with Gasteiger partial charge in [0.05, 0.1) is 20.2 Å². The van der Waals surface area contributed by atoms with Gasteiger partial charge in [-0.25, -0.2) is 0 Å². The maximum Gasteiger partial charge on any atom is 0.128 e. The van der Waals surface area contributed by atoms with Crippen LogP contribution in [0.2, 0.25) is 19.1 Å². The molecule has 1 fully saturated rings. The predicted molar refractivity (Wildman–Crippen MR) is 190 cm³/mol. The Balaban J connectivity index is 2.00. The van der Waals surface area contributed by atoms with Crippen LogP contribution in [0.3, 0.4) is 0 Å². The van der Waals surface area contributed by atoms with E-state index in [4.69, 9.17) is 9.98 Å². The standard InChI is InChI=1S/C38H60N2O2Si/c1-13-14-19-43(11,12)29-21-27(35(42)31(23-29)38(8,9)10)25-40-33-18-16-15-17-32(33)39-24-26-20-28(36(2,3)4)22-30(34(26)41)37(5,6)7/h20-25,32-33,41-42H,13-19H2,1-12H3/t32-,33-/m0/s1. The zero-order valence-electron chi connectivity index (χ0n) is 29.4. The fraction of sp³-hybridized carbons (Fsp3) is 0.632. The molecule has 0 aromatic heterocycles. The summed E-state index contributed by atoms with van der Waals surface area (Å²) < 4.78 is 0. The minimum absolute atomic E-state index is 0.0373. The van der Waals surface area contributed by atoms with Crippen LogP contribution in [0.15, 0.2) is 34.3 Å². The molecule has 1 saturated carbocycles. The molecule has 2 N–H and O–H groups in total. The summed E-state index contributed by atoms with van der Waals surface area (Å²) in [6, 6.07) is 10.1. The van der Waals surface area contributed by atoms with Crippen LogP contribution in [0.4, 0.5) is 0 Å². The molecule has 2 aromatic carbocycles. The molecule has 0 unspecified atom stereocenters. The van der Waals surface area contributed by atoms with Gasteiger partial charge in [0.25, 0.3) is 0 Å². The van der Waals surface area contributed by atoms with E-state index in [2.05, 4.69) is 107 Å². The van der Waals surface area contributed by atoms with Crippen LogP contribution < -0.4 is 5.19 Å². The highest BCUT2D eigenvalue weighted by Crippen LogP contribution is 2.38. The molecule has 0 heterocycles. The molecule has 1 aliphatic carbocycles. The van der Waals surface area contributed by atoms with E-state index in [-0.39, 0.29) is 28.3 Å². The first-order chi connectivity index (χ1) is 19.8. The summed E-state index contributed by atoms with van der Waals surface area (Å²) in [4.78, 5) is 10.2. The second-order valence-electron chi connectivity index (χ2n) is 16.6. The van der Waals surface area contributed by atoms with Crippen molar-refractivity contribution in [3.05, 3.63) is 52.1 Å². The number of hydrogen-bond acceptors (Lipinski definition) is 4. The van der Waals surface area contributed by atoms with Gasteiger partial charge in [0, 0.05) is 29.1 Å². The first kappa shape index (κ1) is 35.1. The number of aromatic hydroxyl groups is 2. The molecule has 2 aromatic rings. The topological polar surface area (TPSA) is 65.2 Å². The molecule has 0 spiro atoms. The lowest BCUT2D eigenvalue weighted by molar-refractivity contribution is 0.390. The average molecular weight is 605 g/mol. The minimum atomic E-state index is -1.66. The van der Waals surface area contributed by atoms with Crippen LogP contribution in [-0.4, -0.2) is 42.8 Å². The second kappa shape index (κ2) is 13.3. The van der Waals surface area contributed by atoms with E-state index in [0.717, 1.165) is 47.9 Å². The molecule has 1 aliphatic rings. The Morgan fingerprint density at radius 3 is 1.63 bits per heavy atom. The summed E-state index contributed by atoms with van der Waals surface area (Å²) >= 11 is 0. The van der Waals surface area contributed by atoms with Gasteiger partial charge in [-0.05, 0) is 46.3 Å². The van der Waals surface area contributed by atoms with E-state index in [1.54, 1.807) is 0 Å². The van der Waals surface area contributed by atoms with Crippen molar-refractivity contribution in [3.8, 4) is 11.5 Å². The Morgan fingerprint density at radius 1 is 0.721 bits per heavy atom. The summed E-state index contributed by atoms with van der Waals surface area (Å²) in [7, 11) is -1.66. The quantitative estimate of drug-likeness (QED) is 0.233. The smallest absolute Gasteiger partial charge is 0.128 e. The van der Waals surface area contributed by atoms with E-state index in [1.807, 2.05) is 12.4 Å². The van der Waals surface area contributed by atoms with Gasteiger partial charge >= 0.3 is 0 Å². The summed E-state index contributed by atoms with van der Waals surface area (Å²) in [5.74, 6) is 0.682. The lowest BCUT2D eigenvalue weighted by atomic mass is 9.79. The number of benzene rings is 2. The molecular formula is C38H60N2O2Si. The molecule has 0 radical (unpaired) electrons. The first-order valence-electron chi connectivity index (χ1n) is 16.6. The molecule has 4 nitrogen and oxygen atoms in total. The van der Waals surface area contributed by atoms with E-state index < -0.39 is 8.07 Å². The van der Waals surface area contributed by atoms with Crippen molar-refractivity contribution >= 4 is 25.7 Å². The van der Waals surface area contributed by atoms with E-state index >= 15 is 0 Å². The van der Waals surface area contributed by atoms with E-state index in [1.165, 1.54) is 29.6 Å². The summed E-state index contributed by atoms with van der Waals surface area (Å²) in [5.41, 5.74) is 4.39. The number of nitrogens with zero attached hydrogens (tertiary/aromatic N) is 2. The highest BCUT2D eigenvalue weighted by Gasteiger charge is 2.29. The third-order valence-corrected chi connectivity index (χ3v) is 12.7. The van der Waals surface area contributed by atoms with Gasteiger partial charge in [0.2, 0.25) is 0 Å². The van der Waals surface area contributed by atoms with Crippen molar-refractivity contribution in [1.82, 2.24) is 0 Å². The first-order valence-corrected chi connectivity index (χ1v) is 19.8. The van der Waals surface area contributed by atoms with Crippen LogP contribution in [0.1, 0.15) is 136 Å². The molecule has 0 bridgehead atoms. The van der Waals surface area contributed by atoms with Crippen LogP contribution >= 0.6 is 0 Å².